The van der Waals surface area contributed by atoms with Crippen LogP contribution >= 0.6 is 11.5 Å². The van der Waals surface area contributed by atoms with Crippen molar-refractivity contribution in [3.8, 4) is 5.88 Å². The average molecular weight is 327 g/mol. The normalized spacial score (nSPS) is 11.2. The molecule has 0 saturated carbocycles. The van der Waals surface area contributed by atoms with E-state index in [2.05, 4.69) is 4.37 Å². The number of para-hydroxylation sites is 2. The molecule has 0 N–H and O–H groups in total. The van der Waals surface area contributed by atoms with Crippen molar-refractivity contribution < 1.29 is 13.2 Å². The van der Waals surface area contributed by atoms with E-state index in [0.29, 0.717) is 5.69 Å². The highest BCUT2D eigenvalue weighted by atomic mass is 32.2. The summed E-state index contributed by atoms with van der Waals surface area (Å²) >= 11 is 1.05. The number of nitrogens with zero attached hydrogens (tertiary/aromatic N) is 3. The molecular weight excluding hydrogens is 310 g/mol. The predicted octanol–water partition coefficient (Wildman–Crippen LogP) is 2.04. The largest absolute Gasteiger partial charge is 0.479 e. The van der Waals surface area contributed by atoms with Crippen molar-refractivity contribution in [1.29, 1.82) is 0 Å². The smallest absolute Gasteiger partial charge is 0.270 e. The van der Waals surface area contributed by atoms with Gasteiger partial charge < -0.3 is 9.64 Å². The highest BCUT2D eigenvalue weighted by Crippen LogP contribution is 2.33. The molecule has 0 amide bonds. The number of benzene rings is 1. The Hall–Kier alpha value is -1.80. The van der Waals surface area contributed by atoms with Gasteiger partial charge in [0.15, 0.2) is 4.90 Å². The standard InChI is InChI=1S/C13H17N3O3S2/c1-15(2)10-7-5-6-8-11(10)16(3)21(17,18)12-9-20-14-13(12)19-4/h5-9H,1-4H3. The van der Waals surface area contributed by atoms with Crippen LogP contribution in [0, 0.1) is 0 Å². The molecule has 0 atom stereocenters. The summed E-state index contributed by atoms with van der Waals surface area (Å²) in [6, 6.07) is 7.30. The minimum Gasteiger partial charge on any atom is -0.479 e. The minimum absolute atomic E-state index is 0.0751. The van der Waals surface area contributed by atoms with Crippen LogP contribution in [-0.2, 0) is 10.0 Å². The molecule has 0 aliphatic rings. The Morgan fingerprint density at radius 2 is 1.76 bits per heavy atom. The second-order valence-electron chi connectivity index (χ2n) is 4.54. The van der Waals surface area contributed by atoms with E-state index in [1.54, 1.807) is 12.1 Å². The summed E-state index contributed by atoms with van der Waals surface area (Å²) in [7, 11) is 2.94. The molecule has 0 fully saturated rings. The summed E-state index contributed by atoms with van der Waals surface area (Å²) in [5.74, 6) is 0.120. The molecule has 0 unspecified atom stereocenters. The van der Waals surface area contributed by atoms with E-state index in [1.165, 1.54) is 23.8 Å². The van der Waals surface area contributed by atoms with Gasteiger partial charge in [0.25, 0.3) is 10.0 Å². The van der Waals surface area contributed by atoms with Crippen molar-refractivity contribution >= 4 is 32.9 Å². The maximum Gasteiger partial charge on any atom is 0.270 e. The third kappa shape index (κ3) is 2.81. The Bertz CT molecular complexity index is 726. The first-order chi connectivity index (χ1) is 9.89. The number of hydrogen-bond acceptors (Lipinski definition) is 6. The third-order valence-corrected chi connectivity index (χ3v) is 5.57. The van der Waals surface area contributed by atoms with E-state index in [0.717, 1.165) is 17.2 Å². The second-order valence-corrected chi connectivity index (χ2v) is 7.11. The summed E-state index contributed by atoms with van der Waals surface area (Å²) in [6.07, 6.45) is 0. The van der Waals surface area contributed by atoms with Gasteiger partial charge in [-0.15, -0.1) is 0 Å². The number of anilines is 2. The van der Waals surface area contributed by atoms with Crippen molar-refractivity contribution in [3.63, 3.8) is 0 Å². The first kappa shape index (κ1) is 15.6. The van der Waals surface area contributed by atoms with Crippen molar-refractivity contribution in [2.45, 2.75) is 4.90 Å². The molecule has 8 heteroatoms. The summed E-state index contributed by atoms with van der Waals surface area (Å²) in [5, 5.41) is 1.48. The number of methoxy groups -OCH3 is 1. The molecule has 2 aromatic rings. The molecule has 0 spiro atoms. The lowest BCUT2D eigenvalue weighted by Crippen LogP contribution is -2.28. The van der Waals surface area contributed by atoms with Gasteiger partial charge in [0.1, 0.15) is 0 Å². The fourth-order valence-corrected chi connectivity index (χ4v) is 4.16. The van der Waals surface area contributed by atoms with Crippen molar-refractivity contribution in [3.05, 3.63) is 29.6 Å². The van der Waals surface area contributed by atoms with E-state index in [9.17, 15) is 8.42 Å². The third-order valence-electron chi connectivity index (χ3n) is 3.04. The van der Waals surface area contributed by atoms with E-state index in [-0.39, 0.29) is 10.8 Å². The van der Waals surface area contributed by atoms with Gasteiger partial charge in [0, 0.05) is 26.5 Å². The van der Waals surface area contributed by atoms with Crippen LogP contribution in [0.3, 0.4) is 0 Å². The molecule has 1 aromatic carbocycles. The highest BCUT2D eigenvalue weighted by molar-refractivity contribution is 7.93. The molecule has 1 heterocycles. The van der Waals surface area contributed by atoms with Gasteiger partial charge in [-0.1, -0.05) is 12.1 Å². The van der Waals surface area contributed by atoms with E-state index < -0.39 is 10.0 Å². The zero-order valence-electron chi connectivity index (χ0n) is 12.3. The first-order valence-corrected chi connectivity index (χ1v) is 8.41. The van der Waals surface area contributed by atoms with E-state index in [1.807, 2.05) is 31.1 Å². The zero-order valence-corrected chi connectivity index (χ0v) is 13.9. The summed E-state index contributed by atoms with van der Waals surface area (Å²) in [4.78, 5) is 1.94. The number of aromatic nitrogens is 1. The van der Waals surface area contributed by atoms with Crippen molar-refractivity contribution in [1.82, 2.24) is 4.37 Å². The SMILES string of the molecule is COc1nscc1S(=O)(=O)N(C)c1ccccc1N(C)C. The monoisotopic (exact) mass is 327 g/mol. The maximum atomic E-state index is 12.7. The van der Waals surface area contributed by atoms with Gasteiger partial charge in [-0.3, -0.25) is 4.31 Å². The number of hydrogen-bond donors (Lipinski definition) is 0. The molecule has 21 heavy (non-hydrogen) atoms. The average Bonchev–Trinajstić information content (AvgIpc) is 2.95. The van der Waals surface area contributed by atoms with Crippen LogP contribution in [0.1, 0.15) is 0 Å². The fraction of sp³-hybridized carbons (Fsp3) is 0.308. The summed E-state index contributed by atoms with van der Waals surface area (Å²) < 4.78 is 35.7. The predicted molar refractivity (Wildman–Crippen MR) is 85.0 cm³/mol. The topological polar surface area (TPSA) is 62.7 Å². The van der Waals surface area contributed by atoms with Crippen LogP contribution in [0.15, 0.2) is 34.5 Å². The molecule has 0 radical (unpaired) electrons. The van der Waals surface area contributed by atoms with Crippen LogP contribution in [0.5, 0.6) is 5.88 Å². The van der Waals surface area contributed by atoms with Crippen LogP contribution < -0.4 is 13.9 Å². The lowest BCUT2D eigenvalue weighted by atomic mass is 10.2. The Balaban J connectivity index is 2.51. The van der Waals surface area contributed by atoms with Gasteiger partial charge in [-0.05, 0) is 23.7 Å². The second kappa shape index (κ2) is 5.90. The number of ether oxygens (including phenoxy) is 1. The van der Waals surface area contributed by atoms with Gasteiger partial charge >= 0.3 is 0 Å². The summed E-state index contributed by atoms with van der Waals surface area (Å²) in [5.41, 5.74) is 1.40. The molecule has 0 aliphatic carbocycles. The van der Waals surface area contributed by atoms with Crippen molar-refractivity contribution in [2.24, 2.45) is 0 Å². The number of sulfonamides is 1. The first-order valence-electron chi connectivity index (χ1n) is 6.13. The van der Waals surface area contributed by atoms with Crippen molar-refractivity contribution in [2.75, 3.05) is 37.5 Å². The fourth-order valence-electron chi connectivity index (χ4n) is 1.91. The highest BCUT2D eigenvalue weighted by Gasteiger charge is 2.28. The molecule has 2 rings (SSSR count). The minimum atomic E-state index is -3.72. The summed E-state index contributed by atoms with van der Waals surface area (Å²) in [6.45, 7) is 0. The molecule has 1 aromatic heterocycles. The molecule has 6 nitrogen and oxygen atoms in total. The Morgan fingerprint density at radius 3 is 2.33 bits per heavy atom. The Kier molecular flexibility index (Phi) is 4.38. The van der Waals surface area contributed by atoms with Crippen LogP contribution in [0.2, 0.25) is 0 Å². The lowest BCUT2D eigenvalue weighted by molar-refractivity contribution is 0.391. The maximum absolute atomic E-state index is 12.7. The molecule has 0 bridgehead atoms. The van der Waals surface area contributed by atoms with Gasteiger partial charge in [0.2, 0.25) is 5.88 Å². The van der Waals surface area contributed by atoms with Crippen LogP contribution in [0.25, 0.3) is 0 Å². The van der Waals surface area contributed by atoms with E-state index in [4.69, 9.17) is 4.74 Å². The van der Waals surface area contributed by atoms with Gasteiger partial charge in [-0.2, -0.15) is 4.37 Å². The van der Waals surface area contributed by atoms with Crippen LogP contribution in [-0.4, -0.2) is 41.0 Å². The van der Waals surface area contributed by atoms with Gasteiger partial charge in [-0.25, -0.2) is 8.42 Å². The van der Waals surface area contributed by atoms with Crippen LogP contribution in [0.4, 0.5) is 11.4 Å². The molecule has 0 saturated heterocycles. The lowest BCUT2D eigenvalue weighted by Gasteiger charge is -2.25. The van der Waals surface area contributed by atoms with E-state index >= 15 is 0 Å². The zero-order chi connectivity index (χ0) is 15.6. The Labute approximate surface area is 128 Å². The van der Waals surface area contributed by atoms with Gasteiger partial charge in [0.05, 0.1) is 18.5 Å². The molecule has 0 aliphatic heterocycles. The molecule has 114 valence electrons. The number of rotatable bonds is 5. The quantitative estimate of drug-likeness (QED) is 0.841. The Morgan fingerprint density at radius 1 is 1.14 bits per heavy atom. The molecular formula is C13H17N3O3S2.